The van der Waals surface area contributed by atoms with Gasteiger partial charge < -0.3 is 9.84 Å². The number of aryl methyl sites for hydroxylation is 1. The van der Waals surface area contributed by atoms with Crippen LogP contribution in [0.15, 0.2) is 24.7 Å². The van der Waals surface area contributed by atoms with Crippen molar-refractivity contribution < 1.29 is 9.84 Å². The Morgan fingerprint density at radius 2 is 2.19 bits per heavy atom. The molecule has 0 amide bonds. The molecule has 1 unspecified atom stereocenters. The monoisotopic (exact) mass is 236 g/mol. The summed E-state index contributed by atoms with van der Waals surface area (Å²) < 4.78 is 5.06. The Balaban J connectivity index is 2.29. The van der Waals surface area contributed by atoms with E-state index < -0.39 is 6.10 Å². The first kappa shape index (κ1) is 11.0. The van der Waals surface area contributed by atoms with Crippen LogP contribution in [0.25, 0.3) is 0 Å². The van der Waals surface area contributed by atoms with E-state index in [-0.39, 0.29) is 0 Å². The SMILES string of the molecule is COc1cncc(C(O)c2cnc(C)s2)c1. The minimum absolute atomic E-state index is 0.637. The van der Waals surface area contributed by atoms with Crippen molar-refractivity contribution in [2.45, 2.75) is 13.0 Å². The fourth-order valence-corrected chi connectivity index (χ4v) is 2.16. The highest BCUT2D eigenvalue weighted by Crippen LogP contribution is 2.27. The van der Waals surface area contributed by atoms with Crippen molar-refractivity contribution in [3.8, 4) is 5.75 Å². The molecule has 2 heterocycles. The molecule has 0 aliphatic heterocycles. The number of hydrogen-bond acceptors (Lipinski definition) is 5. The molecule has 5 heteroatoms. The summed E-state index contributed by atoms with van der Waals surface area (Å²) in [7, 11) is 1.57. The molecule has 0 radical (unpaired) electrons. The van der Waals surface area contributed by atoms with E-state index in [0.717, 1.165) is 9.88 Å². The Hall–Kier alpha value is -1.46. The van der Waals surface area contributed by atoms with Crippen LogP contribution >= 0.6 is 11.3 Å². The van der Waals surface area contributed by atoms with Gasteiger partial charge >= 0.3 is 0 Å². The number of rotatable bonds is 3. The summed E-state index contributed by atoms with van der Waals surface area (Å²) >= 11 is 1.47. The van der Waals surface area contributed by atoms with E-state index >= 15 is 0 Å². The smallest absolute Gasteiger partial charge is 0.137 e. The molecule has 2 rings (SSSR count). The van der Waals surface area contributed by atoms with Crippen molar-refractivity contribution in [1.82, 2.24) is 9.97 Å². The number of aliphatic hydroxyl groups is 1. The van der Waals surface area contributed by atoms with Gasteiger partial charge in [0.1, 0.15) is 11.9 Å². The summed E-state index contributed by atoms with van der Waals surface area (Å²) in [5.74, 6) is 0.637. The minimum Gasteiger partial charge on any atom is -0.495 e. The molecule has 0 aromatic carbocycles. The maximum absolute atomic E-state index is 10.1. The van der Waals surface area contributed by atoms with Gasteiger partial charge in [-0.2, -0.15) is 0 Å². The second-order valence-corrected chi connectivity index (χ2v) is 4.61. The number of ether oxygens (including phenoxy) is 1. The van der Waals surface area contributed by atoms with Crippen molar-refractivity contribution in [3.05, 3.63) is 40.1 Å². The number of methoxy groups -OCH3 is 1. The van der Waals surface area contributed by atoms with Crippen LogP contribution in [-0.2, 0) is 0 Å². The van der Waals surface area contributed by atoms with E-state index in [1.165, 1.54) is 11.3 Å². The van der Waals surface area contributed by atoms with Crippen LogP contribution in [0.1, 0.15) is 21.6 Å². The molecule has 0 saturated heterocycles. The molecule has 4 nitrogen and oxygen atoms in total. The lowest BCUT2D eigenvalue weighted by Crippen LogP contribution is -1.98. The lowest BCUT2D eigenvalue weighted by atomic mass is 10.1. The first-order chi connectivity index (χ1) is 7.70. The van der Waals surface area contributed by atoms with Crippen LogP contribution in [0, 0.1) is 6.92 Å². The highest BCUT2D eigenvalue weighted by Gasteiger charge is 2.14. The normalized spacial score (nSPS) is 12.4. The van der Waals surface area contributed by atoms with Gasteiger partial charge in [0.15, 0.2) is 0 Å². The van der Waals surface area contributed by atoms with Crippen molar-refractivity contribution in [1.29, 1.82) is 0 Å². The van der Waals surface area contributed by atoms with Crippen molar-refractivity contribution in [2.24, 2.45) is 0 Å². The van der Waals surface area contributed by atoms with Gasteiger partial charge in [-0.25, -0.2) is 4.98 Å². The predicted octanol–water partition coefficient (Wildman–Crippen LogP) is 1.94. The van der Waals surface area contributed by atoms with Crippen molar-refractivity contribution in [3.63, 3.8) is 0 Å². The summed E-state index contributed by atoms with van der Waals surface area (Å²) in [5.41, 5.74) is 0.711. The van der Waals surface area contributed by atoms with Crippen LogP contribution in [-0.4, -0.2) is 22.2 Å². The van der Waals surface area contributed by atoms with Gasteiger partial charge in [-0.1, -0.05) is 0 Å². The standard InChI is InChI=1S/C11H12N2O2S/c1-7-13-6-10(16-7)11(14)8-3-9(15-2)5-12-4-8/h3-6,11,14H,1-2H3. The van der Waals surface area contributed by atoms with Gasteiger partial charge in [0.05, 0.1) is 23.2 Å². The molecule has 0 spiro atoms. The number of nitrogens with zero attached hydrogens (tertiary/aromatic N) is 2. The summed E-state index contributed by atoms with van der Waals surface area (Å²) in [6.07, 6.45) is 4.23. The zero-order chi connectivity index (χ0) is 11.5. The average molecular weight is 236 g/mol. The Bertz CT molecular complexity index is 484. The molecular weight excluding hydrogens is 224 g/mol. The zero-order valence-electron chi connectivity index (χ0n) is 9.04. The highest BCUT2D eigenvalue weighted by atomic mass is 32.1. The van der Waals surface area contributed by atoms with Crippen LogP contribution < -0.4 is 4.74 Å². The molecule has 1 atom stereocenters. The summed E-state index contributed by atoms with van der Waals surface area (Å²) in [4.78, 5) is 8.93. The van der Waals surface area contributed by atoms with Crippen LogP contribution in [0.5, 0.6) is 5.75 Å². The molecule has 2 aromatic heterocycles. The fourth-order valence-electron chi connectivity index (χ4n) is 1.37. The first-order valence-electron chi connectivity index (χ1n) is 4.80. The third kappa shape index (κ3) is 2.20. The third-order valence-electron chi connectivity index (χ3n) is 2.19. The molecule has 0 saturated carbocycles. The number of aromatic nitrogens is 2. The zero-order valence-corrected chi connectivity index (χ0v) is 9.86. The predicted molar refractivity (Wildman–Crippen MR) is 61.7 cm³/mol. The largest absolute Gasteiger partial charge is 0.495 e. The third-order valence-corrected chi connectivity index (χ3v) is 3.16. The first-order valence-corrected chi connectivity index (χ1v) is 5.61. The highest BCUT2D eigenvalue weighted by molar-refractivity contribution is 7.11. The van der Waals surface area contributed by atoms with E-state index in [4.69, 9.17) is 4.74 Å². The molecule has 0 fully saturated rings. The Morgan fingerprint density at radius 1 is 1.38 bits per heavy atom. The lowest BCUT2D eigenvalue weighted by molar-refractivity contribution is 0.223. The Labute approximate surface area is 97.6 Å². The van der Waals surface area contributed by atoms with Crippen LogP contribution in [0.4, 0.5) is 0 Å². The number of hydrogen-bond donors (Lipinski definition) is 1. The minimum atomic E-state index is -0.686. The maximum Gasteiger partial charge on any atom is 0.137 e. The van der Waals surface area contributed by atoms with Crippen LogP contribution in [0.2, 0.25) is 0 Å². The molecule has 0 aliphatic rings. The summed E-state index contributed by atoms with van der Waals surface area (Å²) in [6, 6.07) is 1.77. The van der Waals surface area contributed by atoms with Crippen molar-refractivity contribution in [2.75, 3.05) is 7.11 Å². The van der Waals surface area contributed by atoms with E-state index in [9.17, 15) is 5.11 Å². The summed E-state index contributed by atoms with van der Waals surface area (Å²) in [5, 5.41) is 11.0. The van der Waals surface area contributed by atoms with Gasteiger partial charge in [0.2, 0.25) is 0 Å². The van der Waals surface area contributed by atoms with E-state index in [1.54, 1.807) is 31.8 Å². The molecule has 0 aliphatic carbocycles. The van der Waals surface area contributed by atoms with Gasteiger partial charge in [-0.15, -0.1) is 11.3 Å². The lowest BCUT2D eigenvalue weighted by Gasteiger charge is -2.08. The van der Waals surface area contributed by atoms with E-state index in [2.05, 4.69) is 9.97 Å². The number of pyridine rings is 1. The van der Waals surface area contributed by atoms with E-state index in [1.807, 2.05) is 6.92 Å². The average Bonchev–Trinajstić information content (AvgIpc) is 2.75. The Morgan fingerprint density at radius 3 is 2.81 bits per heavy atom. The molecule has 1 N–H and O–H groups in total. The van der Waals surface area contributed by atoms with Gasteiger partial charge in [-0.05, 0) is 13.0 Å². The molecule has 0 bridgehead atoms. The second-order valence-electron chi connectivity index (χ2n) is 3.34. The van der Waals surface area contributed by atoms with Crippen molar-refractivity contribution >= 4 is 11.3 Å². The second kappa shape index (κ2) is 4.59. The Kier molecular flexibility index (Phi) is 3.17. The van der Waals surface area contributed by atoms with Crippen LogP contribution in [0.3, 0.4) is 0 Å². The number of thiazole rings is 1. The molecule has 16 heavy (non-hydrogen) atoms. The summed E-state index contributed by atoms with van der Waals surface area (Å²) in [6.45, 7) is 1.91. The fraction of sp³-hybridized carbons (Fsp3) is 0.273. The van der Waals surface area contributed by atoms with Gasteiger partial charge in [-0.3, -0.25) is 4.98 Å². The topological polar surface area (TPSA) is 55.2 Å². The van der Waals surface area contributed by atoms with Gasteiger partial charge in [0.25, 0.3) is 0 Å². The van der Waals surface area contributed by atoms with E-state index in [0.29, 0.717) is 11.3 Å². The quantitative estimate of drug-likeness (QED) is 0.884. The number of aliphatic hydroxyl groups excluding tert-OH is 1. The molecular formula is C11H12N2O2S. The molecule has 2 aromatic rings. The maximum atomic E-state index is 10.1. The van der Waals surface area contributed by atoms with Gasteiger partial charge in [0, 0.05) is 18.0 Å². The molecule has 84 valence electrons.